The zero-order valence-corrected chi connectivity index (χ0v) is 19.2. The number of aromatic hydroxyl groups is 1. The summed E-state index contributed by atoms with van der Waals surface area (Å²) in [7, 11) is 1.48. The largest absolute Gasteiger partial charge is 0.505 e. The molecule has 10 heteroatoms. The van der Waals surface area contributed by atoms with Crippen LogP contribution in [0.1, 0.15) is 23.6 Å². The van der Waals surface area contributed by atoms with Crippen LogP contribution in [0.2, 0.25) is 10.0 Å². The van der Waals surface area contributed by atoms with Crippen molar-refractivity contribution < 1.29 is 19.8 Å². The lowest BCUT2D eigenvalue weighted by Gasteiger charge is -2.19. The average molecular weight is 490 g/mol. The molecule has 0 saturated carbocycles. The number of aromatic nitrogens is 1. The summed E-state index contributed by atoms with van der Waals surface area (Å²) >= 11 is 12.2. The second-order valence-electron chi connectivity index (χ2n) is 7.48. The van der Waals surface area contributed by atoms with Gasteiger partial charge in [0.05, 0.1) is 12.5 Å². The molecule has 33 heavy (non-hydrogen) atoms. The number of pyridine rings is 1. The number of amides is 2. The third-order valence-electron chi connectivity index (χ3n) is 4.94. The molecular formula is C23H21Cl2N3O5. The van der Waals surface area contributed by atoms with Crippen LogP contribution in [-0.4, -0.2) is 26.8 Å². The van der Waals surface area contributed by atoms with Gasteiger partial charge >= 0.3 is 12.0 Å². The Morgan fingerprint density at radius 1 is 1.09 bits per heavy atom. The third kappa shape index (κ3) is 5.85. The number of hydrogen-bond donors (Lipinski definition) is 4. The normalized spacial score (nSPS) is 11.6. The molecule has 0 saturated heterocycles. The van der Waals surface area contributed by atoms with Crippen LogP contribution in [0.15, 0.2) is 53.5 Å². The molecule has 3 aromatic rings. The number of halogens is 2. The Morgan fingerprint density at radius 2 is 1.76 bits per heavy atom. The van der Waals surface area contributed by atoms with E-state index in [-0.39, 0.29) is 11.4 Å². The first-order valence-corrected chi connectivity index (χ1v) is 10.6. The highest BCUT2D eigenvalue weighted by Crippen LogP contribution is 2.30. The van der Waals surface area contributed by atoms with Crippen molar-refractivity contribution in [1.29, 1.82) is 0 Å². The number of aryl methyl sites for hydroxylation is 2. The number of aliphatic carboxylic acids is 1. The number of anilines is 1. The monoisotopic (exact) mass is 489 g/mol. The molecule has 0 fully saturated rings. The van der Waals surface area contributed by atoms with Crippen LogP contribution >= 0.6 is 23.2 Å². The summed E-state index contributed by atoms with van der Waals surface area (Å²) in [5.41, 5.74) is 1.44. The van der Waals surface area contributed by atoms with E-state index in [2.05, 4.69) is 10.6 Å². The van der Waals surface area contributed by atoms with E-state index in [1.807, 2.05) is 0 Å². The highest BCUT2D eigenvalue weighted by molar-refractivity contribution is 6.35. The van der Waals surface area contributed by atoms with Gasteiger partial charge in [0.15, 0.2) is 5.69 Å². The van der Waals surface area contributed by atoms with E-state index in [4.69, 9.17) is 23.2 Å². The Labute approximate surface area is 199 Å². The van der Waals surface area contributed by atoms with Crippen molar-refractivity contribution in [3.63, 3.8) is 0 Å². The zero-order chi connectivity index (χ0) is 24.3. The molecule has 2 aromatic carbocycles. The molecule has 0 radical (unpaired) electrons. The number of carbonyl (C=O) groups is 2. The van der Waals surface area contributed by atoms with Gasteiger partial charge in [-0.25, -0.2) is 4.79 Å². The minimum absolute atomic E-state index is 0.300. The van der Waals surface area contributed by atoms with Gasteiger partial charge in [0.25, 0.3) is 5.56 Å². The van der Waals surface area contributed by atoms with Gasteiger partial charge in [0, 0.05) is 28.9 Å². The Hall–Kier alpha value is -3.49. The first kappa shape index (κ1) is 24.2. The molecule has 172 valence electrons. The van der Waals surface area contributed by atoms with Gasteiger partial charge in [0.2, 0.25) is 0 Å². The van der Waals surface area contributed by atoms with Crippen LogP contribution in [-0.2, 0) is 11.8 Å². The standard InChI is InChI=1S/C23H21Cl2N3O5/c1-12-11-28(2)22(32)20(21(12)31)27-23(33)26-18(10-19(29)30)14-5-3-4-13(6-14)15-7-16(24)9-17(25)8-15/h3-9,11,18,31H,10H2,1-2H3,(H,29,30)(H2,26,27,33). The molecule has 0 aliphatic rings. The summed E-state index contributed by atoms with van der Waals surface area (Å²) in [6.07, 6.45) is 1.02. The first-order chi connectivity index (χ1) is 15.5. The Kier molecular flexibility index (Phi) is 7.30. The summed E-state index contributed by atoms with van der Waals surface area (Å²) in [6, 6.07) is 10.2. The molecule has 0 aliphatic heterocycles. The fourth-order valence-electron chi connectivity index (χ4n) is 3.39. The molecule has 1 unspecified atom stereocenters. The number of rotatable bonds is 6. The number of nitrogens with one attached hydrogen (secondary N) is 2. The molecule has 3 rings (SSSR count). The quantitative estimate of drug-likeness (QED) is 0.399. The molecule has 0 bridgehead atoms. The van der Waals surface area contributed by atoms with Gasteiger partial charge < -0.3 is 25.4 Å². The van der Waals surface area contributed by atoms with Crippen LogP contribution in [0.25, 0.3) is 11.1 Å². The van der Waals surface area contributed by atoms with E-state index in [0.29, 0.717) is 21.2 Å². The highest BCUT2D eigenvalue weighted by Gasteiger charge is 2.21. The maximum atomic E-state index is 12.6. The number of hydrogen-bond acceptors (Lipinski definition) is 4. The van der Waals surface area contributed by atoms with Gasteiger partial charge in [-0.1, -0.05) is 41.4 Å². The van der Waals surface area contributed by atoms with Crippen LogP contribution in [0.4, 0.5) is 10.5 Å². The van der Waals surface area contributed by atoms with Crippen molar-refractivity contribution in [2.24, 2.45) is 7.05 Å². The maximum Gasteiger partial charge on any atom is 0.319 e. The molecule has 2 amide bonds. The molecule has 4 N–H and O–H groups in total. The Morgan fingerprint density at radius 3 is 2.39 bits per heavy atom. The SMILES string of the molecule is Cc1cn(C)c(=O)c(NC(=O)NC(CC(=O)O)c2cccc(-c3cc(Cl)cc(Cl)c3)c2)c1O. The van der Waals surface area contributed by atoms with Crippen molar-refractivity contribution in [3.8, 4) is 16.9 Å². The van der Waals surface area contributed by atoms with Crippen molar-refractivity contribution in [3.05, 3.63) is 80.2 Å². The molecule has 1 aromatic heterocycles. The zero-order valence-electron chi connectivity index (χ0n) is 17.7. The second kappa shape index (κ2) is 9.97. The maximum absolute atomic E-state index is 12.6. The number of benzene rings is 2. The van der Waals surface area contributed by atoms with E-state index in [1.165, 1.54) is 17.8 Å². The predicted octanol–water partition coefficient (Wildman–Crippen LogP) is 4.71. The number of carboxylic acids is 1. The fraction of sp³-hybridized carbons (Fsp3) is 0.174. The van der Waals surface area contributed by atoms with Crippen molar-refractivity contribution in [2.45, 2.75) is 19.4 Å². The minimum atomic E-state index is -1.13. The molecule has 8 nitrogen and oxygen atoms in total. The van der Waals surface area contributed by atoms with Crippen molar-refractivity contribution in [2.75, 3.05) is 5.32 Å². The number of carboxylic acid groups (broad SMARTS) is 1. The number of urea groups is 1. The Bertz CT molecular complexity index is 1270. The molecule has 0 aliphatic carbocycles. The molecule has 1 atom stereocenters. The Balaban J connectivity index is 1.90. The van der Waals surface area contributed by atoms with Gasteiger partial charge in [-0.05, 0) is 47.9 Å². The summed E-state index contributed by atoms with van der Waals surface area (Å²) in [4.78, 5) is 36.4. The number of carbonyl (C=O) groups excluding carboxylic acids is 1. The average Bonchev–Trinajstić information content (AvgIpc) is 2.74. The minimum Gasteiger partial charge on any atom is -0.505 e. The van der Waals surface area contributed by atoms with Crippen LogP contribution in [0, 0.1) is 6.92 Å². The van der Waals surface area contributed by atoms with E-state index in [1.54, 1.807) is 49.4 Å². The van der Waals surface area contributed by atoms with E-state index < -0.39 is 30.0 Å². The van der Waals surface area contributed by atoms with Crippen LogP contribution < -0.4 is 16.2 Å². The van der Waals surface area contributed by atoms with Crippen LogP contribution in [0.3, 0.4) is 0 Å². The predicted molar refractivity (Wildman–Crippen MR) is 127 cm³/mol. The summed E-state index contributed by atoms with van der Waals surface area (Å²) in [5.74, 6) is -1.49. The van der Waals surface area contributed by atoms with Crippen molar-refractivity contribution in [1.82, 2.24) is 9.88 Å². The van der Waals surface area contributed by atoms with Gasteiger partial charge in [-0.15, -0.1) is 0 Å². The topological polar surface area (TPSA) is 121 Å². The summed E-state index contributed by atoms with van der Waals surface area (Å²) < 4.78 is 1.22. The van der Waals surface area contributed by atoms with Gasteiger partial charge in [-0.2, -0.15) is 0 Å². The lowest BCUT2D eigenvalue weighted by molar-refractivity contribution is -0.137. The number of nitrogens with zero attached hydrogens (tertiary/aromatic N) is 1. The van der Waals surface area contributed by atoms with Gasteiger partial charge in [0.1, 0.15) is 5.75 Å². The van der Waals surface area contributed by atoms with Crippen LogP contribution in [0.5, 0.6) is 5.75 Å². The molecular weight excluding hydrogens is 469 g/mol. The smallest absolute Gasteiger partial charge is 0.319 e. The summed E-state index contributed by atoms with van der Waals surface area (Å²) in [6.45, 7) is 1.58. The lowest BCUT2D eigenvalue weighted by atomic mass is 9.98. The lowest BCUT2D eigenvalue weighted by Crippen LogP contribution is -2.36. The molecule has 0 spiro atoms. The van der Waals surface area contributed by atoms with E-state index >= 15 is 0 Å². The van der Waals surface area contributed by atoms with Crippen molar-refractivity contribution >= 4 is 40.9 Å². The second-order valence-corrected chi connectivity index (χ2v) is 8.36. The highest BCUT2D eigenvalue weighted by atomic mass is 35.5. The van der Waals surface area contributed by atoms with E-state index in [0.717, 1.165) is 11.1 Å². The first-order valence-electron chi connectivity index (χ1n) is 9.80. The molecule has 1 heterocycles. The third-order valence-corrected chi connectivity index (χ3v) is 5.38. The van der Waals surface area contributed by atoms with Gasteiger partial charge in [-0.3, -0.25) is 9.59 Å². The van der Waals surface area contributed by atoms with E-state index in [9.17, 15) is 24.6 Å². The summed E-state index contributed by atoms with van der Waals surface area (Å²) in [5, 5.41) is 25.3. The fourth-order valence-corrected chi connectivity index (χ4v) is 3.91.